The smallest absolute Gasteiger partial charge is 0.191 e. The molecule has 18 heavy (non-hydrogen) atoms. The van der Waals surface area contributed by atoms with Crippen LogP contribution in [0, 0.1) is 6.92 Å². The Balaban J connectivity index is 2.39. The molecule has 1 aromatic rings. The Morgan fingerprint density at radius 3 is 2.78 bits per heavy atom. The van der Waals surface area contributed by atoms with Crippen LogP contribution < -0.4 is 10.6 Å². The van der Waals surface area contributed by atoms with Gasteiger partial charge in [-0.3, -0.25) is 0 Å². The molecule has 2 N–H and O–H groups in total. The zero-order valence-corrected chi connectivity index (χ0v) is 12.4. The molecule has 0 saturated heterocycles. The molecule has 0 aliphatic carbocycles. The molecule has 0 aliphatic heterocycles. The molecule has 0 bridgehead atoms. The highest BCUT2D eigenvalue weighted by molar-refractivity contribution is 7.11. The second-order valence-electron chi connectivity index (χ2n) is 4.17. The summed E-state index contributed by atoms with van der Waals surface area (Å²) in [5, 5.41) is 7.71. The third kappa shape index (κ3) is 6.00. The van der Waals surface area contributed by atoms with E-state index in [1.807, 2.05) is 13.1 Å². The molecular weight excluding hydrogens is 244 g/mol. The van der Waals surface area contributed by atoms with Crippen molar-refractivity contribution in [2.45, 2.75) is 46.6 Å². The first-order chi connectivity index (χ1) is 8.76. The van der Waals surface area contributed by atoms with Crippen LogP contribution >= 0.6 is 11.3 Å². The summed E-state index contributed by atoms with van der Waals surface area (Å²) in [5.74, 6) is 0.902. The lowest BCUT2D eigenvalue weighted by atomic mass is 10.2. The van der Waals surface area contributed by atoms with Crippen molar-refractivity contribution in [1.29, 1.82) is 0 Å². The number of rotatable bonds is 7. The second-order valence-corrected chi connectivity index (χ2v) is 5.49. The molecule has 0 unspecified atom stereocenters. The van der Waals surface area contributed by atoms with Crippen LogP contribution in [0.25, 0.3) is 0 Å². The molecule has 1 rings (SSSR count). The summed E-state index contributed by atoms with van der Waals surface area (Å²) in [6.07, 6.45) is 5.61. The first kappa shape index (κ1) is 15.0. The van der Waals surface area contributed by atoms with Crippen LogP contribution in [0.1, 0.15) is 43.0 Å². The van der Waals surface area contributed by atoms with Crippen LogP contribution in [0.2, 0.25) is 0 Å². The fraction of sp³-hybridized carbons (Fsp3) is 0.692. The van der Waals surface area contributed by atoms with E-state index < -0.39 is 0 Å². The number of nitrogens with one attached hydrogen (secondary N) is 2. The van der Waals surface area contributed by atoms with Crippen molar-refractivity contribution < 1.29 is 0 Å². The summed E-state index contributed by atoms with van der Waals surface area (Å²) >= 11 is 1.71. The summed E-state index contributed by atoms with van der Waals surface area (Å²) in [7, 11) is 0. The number of guanidine groups is 1. The van der Waals surface area contributed by atoms with E-state index in [0.717, 1.165) is 24.1 Å². The number of hydrogen-bond donors (Lipinski definition) is 2. The minimum atomic E-state index is 0.703. The van der Waals surface area contributed by atoms with Gasteiger partial charge in [-0.2, -0.15) is 0 Å². The summed E-state index contributed by atoms with van der Waals surface area (Å²) < 4.78 is 0. The SMILES string of the molecule is CCCCCNC(=NCc1cnc(C)s1)NCC. The lowest BCUT2D eigenvalue weighted by molar-refractivity contribution is 0.683. The van der Waals surface area contributed by atoms with Crippen molar-refractivity contribution >= 4 is 17.3 Å². The Morgan fingerprint density at radius 2 is 2.17 bits per heavy atom. The number of nitrogens with zero attached hydrogens (tertiary/aromatic N) is 2. The van der Waals surface area contributed by atoms with Gasteiger partial charge in [-0.1, -0.05) is 19.8 Å². The largest absolute Gasteiger partial charge is 0.357 e. The number of aromatic nitrogens is 1. The molecule has 0 radical (unpaired) electrons. The first-order valence-electron chi connectivity index (χ1n) is 6.69. The number of unbranched alkanes of at least 4 members (excludes halogenated alkanes) is 2. The molecular formula is C13H24N4S. The van der Waals surface area contributed by atoms with Crippen LogP contribution in [0.15, 0.2) is 11.2 Å². The maximum absolute atomic E-state index is 4.56. The van der Waals surface area contributed by atoms with Gasteiger partial charge < -0.3 is 10.6 Å². The Kier molecular flexibility index (Phi) is 7.41. The molecule has 5 heteroatoms. The van der Waals surface area contributed by atoms with Gasteiger partial charge in [-0.05, 0) is 20.3 Å². The van der Waals surface area contributed by atoms with Gasteiger partial charge in [0, 0.05) is 24.2 Å². The molecule has 0 fully saturated rings. The van der Waals surface area contributed by atoms with Gasteiger partial charge in [0.15, 0.2) is 5.96 Å². The van der Waals surface area contributed by atoms with Crippen molar-refractivity contribution in [2.75, 3.05) is 13.1 Å². The number of aliphatic imine (C=N–C) groups is 1. The third-order valence-electron chi connectivity index (χ3n) is 2.48. The number of hydrogen-bond acceptors (Lipinski definition) is 3. The van der Waals surface area contributed by atoms with Gasteiger partial charge in [0.05, 0.1) is 11.6 Å². The Bertz CT molecular complexity index is 360. The molecule has 4 nitrogen and oxygen atoms in total. The van der Waals surface area contributed by atoms with Gasteiger partial charge >= 0.3 is 0 Å². The van der Waals surface area contributed by atoms with Crippen molar-refractivity contribution in [3.05, 3.63) is 16.1 Å². The van der Waals surface area contributed by atoms with E-state index >= 15 is 0 Å². The van der Waals surface area contributed by atoms with E-state index in [9.17, 15) is 0 Å². The van der Waals surface area contributed by atoms with Crippen LogP contribution in [-0.4, -0.2) is 24.0 Å². The van der Waals surface area contributed by atoms with E-state index in [1.54, 1.807) is 11.3 Å². The summed E-state index contributed by atoms with van der Waals surface area (Å²) in [4.78, 5) is 10.0. The topological polar surface area (TPSA) is 49.3 Å². The van der Waals surface area contributed by atoms with E-state index in [4.69, 9.17) is 0 Å². The summed E-state index contributed by atoms with van der Waals surface area (Å²) in [5.41, 5.74) is 0. The lowest BCUT2D eigenvalue weighted by Gasteiger charge is -2.10. The summed E-state index contributed by atoms with van der Waals surface area (Å²) in [6.45, 7) is 8.90. The molecule has 0 aliphatic rings. The van der Waals surface area contributed by atoms with Gasteiger partial charge in [0.25, 0.3) is 0 Å². The van der Waals surface area contributed by atoms with Crippen molar-refractivity contribution in [3.63, 3.8) is 0 Å². The average molecular weight is 268 g/mol. The van der Waals surface area contributed by atoms with Crippen LogP contribution in [-0.2, 0) is 6.54 Å². The van der Waals surface area contributed by atoms with E-state index in [-0.39, 0.29) is 0 Å². The Hall–Kier alpha value is -1.10. The highest BCUT2D eigenvalue weighted by Crippen LogP contribution is 2.12. The molecule has 0 atom stereocenters. The van der Waals surface area contributed by atoms with Gasteiger partial charge in [-0.15, -0.1) is 11.3 Å². The lowest BCUT2D eigenvalue weighted by Crippen LogP contribution is -2.37. The molecule has 0 amide bonds. The second kappa shape index (κ2) is 8.91. The molecule has 0 aromatic carbocycles. The third-order valence-corrected chi connectivity index (χ3v) is 3.38. The van der Waals surface area contributed by atoms with Crippen molar-refractivity contribution in [1.82, 2.24) is 15.6 Å². The zero-order chi connectivity index (χ0) is 13.2. The van der Waals surface area contributed by atoms with Crippen LogP contribution in [0.4, 0.5) is 0 Å². The fourth-order valence-electron chi connectivity index (χ4n) is 1.56. The standard InChI is InChI=1S/C13H24N4S/c1-4-6-7-8-15-13(14-5-2)17-10-12-9-16-11(3)18-12/h9H,4-8,10H2,1-3H3,(H2,14,15,17). The quantitative estimate of drug-likeness (QED) is 0.454. The Morgan fingerprint density at radius 1 is 1.33 bits per heavy atom. The normalized spacial score (nSPS) is 11.6. The zero-order valence-electron chi connectivity index (χ0n) is 11.6. The summed E-state index contributed by atoms with van der Waals surface area (Å²) in [6, 6.07) is 0. The highest BCUT2D eigenvalue weighted by Gasteiger charge is 1.99. The number of aryl methyl sites for hydroxylation is 1. The monoisotopic (exact) mass is 268 g/mol. The molecule has 0 spiro atoms. The Labute approximate surface area is 114 Å². The predicted octanol–water partition coefficient (Wildman–Crippen LogP) is 2.70. The van der Waals surface area contributed by atoms with E-state index in [0.29, 0.717) is 6.54 Å². The number of thiazole rings is 1. The van der Waals surface area contributed by atoms with Crippen molar-refractivity contribution in [2.24, 2.45) is 4.99 Å². The molecule has 1 aromatic heterocycles. The molecule has 1 heterocycles. The van der Waals surface area contributed by atoms with Crippen LogP contribution in [0.5, 0.6) is 0 Å². The van der Waals surface area contributed by atoms with Gasteiger partial charge in [-0.25, -0.2) is 9.98 Å². The average Bonchev–Trinajstić information content (AvgIpc) is 2.77. The molecule has 0 saturated carbocycles. The maximum atomic E-state index is 4.56. The minimum Gasteiger partial charge on any atom is -0.357 e. The fourth-order valence-corrected chi connectivity index (χ4v) is 2.28. The van der Waals surface area contributed by atoms with E-state index in [2.05, 4.69) is 34.5 Å². The van der Waals surface area contributed by atoms with E-state index in [1.165, 1.54) is 24.1 Å². The highest BCUT2D eigenvalue weighted by atomic mass is 32.1. The van der Waals surface area contributed by atoms with Gasteiger partial charge in [0.2, 0.25) is 0 Å². The van der Waals surface area contributed by atoms with Gasteiger partial charge in [0.1, 0.15) is 0 Å². The van der Waals surface area contributed by atoms with Crippen LogP contribution in [0.3, 0.4) is 0 Å². The maximum Gasteiger partial charge on any atom is 0.191 e. The minimum absolute atomic E-state index is 0.703. The predicted molar refractivity (Wildman–Crippen MR) is 79.2 cm³/mol. The first-order valence-corrected chi connectivity index (χ1v) is 7.51. The van der Waals surface area contributed by atoms with Crippen molar-refractivity contribution in [3.8, 4) is 0 Å². The molecule has 102 valence electrons.